The smallest absolute Gasteiger partial charge is 0.306 e. The Balaban J connectivity index is 1.94. The van der Waals surface area contributed by atoms with Gasteiger partial charge < -0.3 is 4.90 Å². The fourth-order valence-corrected chi connectivity index (χ4v) is 5.71. The summed E-state index contributed by atoms with van der Waals surface area (Å²) in [4.78, 5) is 18.2. The van der Waals surface area contributed by atoms with E-state index in [0.29, 0.717) is 23.3 Å². The van der Waals surface area contributed by atoms with E-state index in [1.54, 1.807) is 11.8 Å². The fraction of sp³-hybridized carbons (Fsp3) is 0.381. The minimum atomic E-state index is -4.41. The van der Waals surface area contributed by atoms with Gasteiger partial charge in [-0.2, -0.15) is 13.2 Å². The van der Waals surface area contributed by atoms with Crippen molar-refractivity contribution >= 4 is 29.3 Å². The van der Waals surface area contributed by atoms with E-state index in [0.717, 1.165) is 34.5 Å². The Hall–Kier alpha value is -1.44. The maximum Gasteiger partial charge on any atom is 0.416 e. The number of carbonyl (C=O) groups excluding carboxylic acids is 1. The van der Waals surface area contributed by atoms with Gasteiger partial charge in [-0.25, -0.2) is 0 Å². The summed E-state index contributed by atoms with van der Waals surface area (Å²) < 4.78 is 40.0. The number of benzene rings is 2. The molecular weight excluding hydrogens is 403 g/mol. The van der Waals surface area contributed by atoms with E-state index in [9.17, 15) is 18.0 Å². The lowest BCUT2D eigenvalue weighted by Gasteiger charge is -2.40. The number of Topliss-reactive ketones (excluding diaryl/α,β-unsaturated/α-hetero) is 1. The van der Waals surface area contributed by atoms with Crippen LogP contribution in [0.2, 0.25) is 0 Å². The normalized spacial score (nSPS) is 19.2. The average Bonchev–Trinajstić information content (AvgIpc) is 2.76. The van der Waals surface area contributed by atoms with Crippen LogP contribution in [0.1, 0.15) is 34.3 Å². The van der Waals surface area contributed by atoms with Gasteiger partial charge in [0.15, 0.2) is 5.78 Å². The maximum atomic E-state index is 13.8. The molecule has 0 unspecified atom stereocenters. The highest BCUT2D eigenvalue weighted by Gasteiger charge is 2.47. The third-order valence-electron chi connectivity index (χ3n) is 5.75. The molecule has 0 aliphatic carbocycles. The molecule has 4 rings (SSSR count). The number of rotatable bonds is 1. The van der Waals surface area contributed by atoms with Crippen molar-refractivity contribution in [1.29, 1.82) is 0 Å². The molecule has 0 atom stereocenters. The van der Waals surface area contributed by atoms with Gasteiger partial charge in [0.25, 0.3) is 0 Å². The number of nitrogens with zero attached hydrogens (tertiary/aromatic N) is 1. The second kappa shape index (κ2) is 7.11. The van der Waals surface area contributed by atoms with Crippen LogP contribution in [0, 0.1) is 0 Å². The Morgan fingerprint density at radius 1 is 1.07 bits per heavy atom. The van der Waals surface area contributed by atoms with E-state index in [2.05, 4.69) is 4.90 Å². The van der Waals surface area contributed by atoms with Gasteiger partial charge in [0, 0.05) is 20.2 Å². The number of alkyl halides is 3. The molecule has 2 nitrogen and oxygen atoms in total. The van der Waals surface area contributed by atoms with Crippen molar-refractivity contribution in [3.63, 3.8) is 0 Å². The summed E-state index contributed by atoms with van der Waals surface area (Å²) in [5.41, 5.74) is -0.0588. The third kappa shape index (κ3) is 3.27. The monoisotopic (exact) mass is 423 g/mol. The van der Waals surface area contributed by atoms with Crippen molar-refractivity contribution in [3.05, 3.63) is 53.1 Å². The second-order valence-corrected chi connectivity index (χ2v) is 9.35. The van der Waals surface area contributed by atoms with Crippen LogP contribution in [0.15, 0.2) is 51.1 Å². The Bertz CT molecular complexity index is 934. The summed E-state index contributed by atoms with van der Waals surface area (Å²) in [6.07, 6.45) is -1.22. The number of carbonyl (C=O) groups is 1. The minimum absolute atomic E-state index is 0.0394. The molecule has 0 N–H and O–H groups in total. The van der Waals surface area contributed by atoms with Gasteiger partial charge in [-0.05, 0) is 75.1 Å². The molecule has 2 aliphatic heterocycles. The zero-order valence-electron chi connectivity index (χ0n) is 15.6. The largest absolute Gasteiger partial charge is 0.416 e. The first-order chi connectivity index (χ1) is 13.2. The molecule has 2 aromatic carbocycles. The number of halogens is 3. The maximum absolute atomic E-state index is 13.8. The van der Waals surface area contributed by atoms with Crippen LogP contribution in [0.5, 0.6) is 0 Å². The number of hydrogen-bond acceptors (Lipinski definition) is 4. The SMILES string of the molecule is CSc1ccc2c(c1)C(=O)C1(CCN(C)CC1)c1ccc(C(F)(F)F)cc1S2. The first-order valence-electron chi connectivity index (χ1n) is 9.05. The average molecular weight is 424 g/mol. The number of ketones is 1. The molecule has 2 heterocycles. The van der Waals surface area contributed by atoms with Crippen LogP contribution >= 0.6 is 23.5 Å². The molecule has 1 saturated heterocycles. The zero-order chi connectivity index (χ0) is 20.1. The summed E-state index contributed by atoms with van der Waals surface area (Å²) in [6, 6.07) is 9.55. The molecule has 0 radical (unpaired) electrons. The number of hydrogen-bond donors (Lipinski definition) is 0. The van der Waals surface area contributed by atoms with Crippen molar-refractivity contribution < 1.29 is 18.0 Å². The van der Waals surface area contributed by atoms with Crippen molar-refractivity contribution in [1.82, 2.24) is 4.90 Å². The van der Waals surface area contributed by atoms with Crippen LogP contribution in [0.4, 0.5) is 13.2 Å². The molecule has 2 aromatic rings. The highest BCUT2D eigenvalue weighted by atomic mass is 32.2. The summed E-state index contributed by atoms with van der Waals surface area (Å²) in [5, 5.41) is 0. The zero-order valence-corrected chi connectivity index (χ0v) is 17.2. The predicted octanol–water partition coefficient (Wildman–Crippen LogP) is 5.74. The Kier molecular flexibility index (Phi) is 5.04. The van der Waals surface area contributed by atoms with E-state index in [1.165, 1.54) is 23.9 Å². The number of likely N-dealkylation sites (tertiary alicyclic amines) is 1. The molecule has 0 bridgehead atoms. The lowest BCUT2D eigenvalue weighted by Crippen LogP contribution is -2.46. The lowest BCUT2D eigenvalue weighted by molar-refractivity contribution is -0.137. The van der Waals surface area contributed by atoms with Gasteiger partial charge in [0.2, 0.25) is 0 Å². The van der Waals surface area contributed by atoms with Crippen molar-refractivity contribution in [2.75, 3.05) is 26.4 Å². The number of piperidine rings is 1. The van der Waals surface area contributed by atoms with Crippen LogP contribution in [-0.2, 0) is 11.6 Å². The number of thioether (sulfide) groups is 1. The molecule has 2 aliphatic rings. The summed E-state index contributed by atoms with van der Waals surface area (Å²) in [6.45, 7) is 1.49. The van der Waals surface area contributed by atoms with E-state index in [-0.39, 0.29) is 5.78 Å². The van der Waals surface area contributed by atoms with Gasteiger partial charge in [0.05, 0.1) is 11.0 Å². The van der Waals surface area contributed by atoms with Crippen molar-refractivity contribution in [2.45, 2.75) is 39.1 Å². The topological polar surface area (TPSA) is 20.3 Å². The van der Waals surface area contributed by atoms with Gasteiger partial charge in [0.1, 0.15) is 0 Å². The predicted molar refractivity (Wildman–Crippen MR) is 107 cm³/mol. The van der Waals surface area contributed by atoms with E-state index in [1.807, 2.05) is 31.5 Å². The first kappa shape index (κ1) is 19.9. The molecule has 0 saturated carbocycles. The van der Waals surface area contributed by atoms with Crippen LogP contribution < -0.4 is 0 Å². The molecule has 28 heavy (non-hydrogen) atoms. The van der Waals surface area contributed by atoms with Gasteiger partial charge in [-0.3, -0.25) is 4.79 Å². The molecular formula is C21H20F3NOS2. The van der Waals surface area contributed by atoms with Crippen LogP contribution in [-0.4, -0.2) is 37.1 Å². The Morgan fingerprint density at radius 2 is 1.79 bits per heavy atom. The number of fused-ring (bicyclic) bond motifs is 3. The van der Waals surface area contributed by atoms with Crippen LogP contribution in [0.3, 0.4) is 0 Å². The van der Waals surface area contributed by atoms with Gasteiger partial charge in [-0.1, -0.05) is 17.8 Å². The minimum Gasteiger partial charge on any atom is -0.306 e. The molecule has 148 valence electrons. The van der Waals surface area contributed by atoms with E-state index >= 15 is 0 Å². The lowest BCUT2D eigenvalue weighted by atomic mass is 9.68. The summed E-state index contributed by atoms with van der Waals surface area (Å²) in [5.74, 6) is 0.0394. The third-order valence-corrected chi connectivity index (χ3v) is 7.61. The van der Waals surface area contributed by atoms with Gasteiger partial charge >= 0.3 is 6.18 Å². The summed E-state index contributed by atoms with van der Waals surface area (Å²) >= 11 is 2.84. The molecule has 7 heteroatoms. The highest BCUT2D eigenvalue weighted by Crippen LogP contribution is 2.50. The molecule has 0 amide bonds. The van der Waals surface area contributed by atoms with Crippen LogP contribution in [0.25, 0.3) is 0 Å². The Labute approximate surface area is 170 Å². The molecule has 0 aromatic heterocycles. The van der Waals surface area contributed by atoms with Crippen molar-refractivity contribution in [3.8, 4) is 0 Å². The van der Waals surface area contributed by atoms with Gasteiger partial charge in [-0.15, -0.1) is 11.8 Å². The molecule has 1 spiro atoms. The second-order valence-electron chi connectivity index (χ2n) is 7.39. The fourth-order valence-electron chi connectivity index (χ4n) is 4.08. The highest BCUT2D eigenvalue weighted by molar-refractivity contribution is 7.99. The van der Waals surface area contributed by atoms with E-state index in [4.69, 9.17) is 0 Å². The summed E-state index contributed by atoms with van der Waals surface area (Å²) in [7, 11) is 2.01. The Morgan fingerprint density at radius 3 is 2.43 bits per heavy atom. The standard InChI is InChI=1S/C21H20F3NOS2/c1-25-9-7-20(8-10-25)16-5-3-13(21(22,23)24)11-18(16)28-17-6-4-14(27-2)12-15(17)19(20)26/h3-6,11-12H,7-10H2,1-2H3. The van der Waals surface area contributed by atoms with Crippen molar-refractivity contribution in [2.24, 2.45) is 0 Å². The van der Waals surface area contributed by atoms with E-state index < -0.39 is 17.2 Å². The first-order valence-corrected chi connectivity index (χ1v) is 11.1. The molecule has 1 fully saturated rings. The quantitative estimate of drug-likeness (QED) is 0.545.